The van der Waals surface area contributed by atoms with Crippen molar-refractivity contribution >= 4 is 5.78 Å². The molecule has 2 nitrogen and oxygen atoms in total. The monoisotopic (exact) mass is 433 g/mol. The molecule has 2 heteroatoms. The second-order valence-corrected chi connectivity index (χ2v) is 9.08. The summed E-state index contributed by atoms with van der Waals surface area (Å²) in [4.78, 5) is 13.2. The lowest BCUT2D eigenvalue weighted by Crippen LogP contribution is -2.18. The van der Waals surface area contributed by atoms with E-state index in [4.69, 9.17) is 0 Å². The van der Waals surface area contributed by atoms with Crippen LogP contribution in [0, 0.1) is 0 Å². The number of ketones is 1. The Morgan fingerprint density at radius 3 is 2.03 bits per heavy atom. The van der Waals surface area contributed by atoms with Crippen LogP contribution in [-0.2, 0) is 17.6 Å². The predicted molar refractivity (Wildman–Crippen MR) is 136 cm³/mol. The topological polar surface area (TPSA) is 22.0 Å². The van der Waals surface area contributed by atoms with Crippen molar-refractivity contribution in [2.45, 2.75) is 51.0 Å². The molecule has 1 aliphatic rings. The number of hydrogen-bond acceptors (Lipinski definition) is 1. The Morgan fingerprint density at radius 2 is 1.33 bits per heavy atom. The molecule has 1 saturated carbocycles. The van der Waals surface area contributed by atoms with Gasteiger partial charge in [0.2, 0.25) is 0 Å². The minimum Gasteiger partial charge on any atom is -0.336 e. The van der Waals surface area contributed by atoms with Gasteiger partial charge in [-0.2, -0.15) is 0 Å². The number of hydrogen-bond donors (Lipinski definition) is 0. The smallest absolute Gasteiger partial charge is 0.155 e. The molecule has 1 heterocycles. The molecule has 0 spiro atoms. The van der Waals surface area contributed by atoms with Crippen LogP contribution in [-0.4, -0.2) is 10.4 Å². The number of Topliss-reactive ketones (excluding diaryl/α,β-unsaturated/α-hetero) is 1. The zero-order valence-corrected chi connectivity index (χ0v) is 19.1. The zero-order chi connectivity index (χ0) is 22.5. The average Bonchev–Trinajstić information content (AvgIpc) is 3.12. The van der Waals surface area contributed by atoms with Gasteiger partial charge in [0.05, 0.1) is 11.7 Å². The SMILES string of the molecule is O=C1CCCCCC1n1cc(CCc2ccccc2)c(-c2ccccc2)c1-c1ccccc1. The molecule has 5 rings (SSSR count). The highest BCUT2D eigenvalue weighted by Crippen LogP contribution is 2.41. The molecule has 0 amide bonds. The van der Waals surface area contributed by atoms with Crippen LogP contribution < -0.4 is 0 Å². The molecule has 0 radical (unpaired) electrons. The van der Waals surface area contributed by atoms with Gasteiger partial charge in [0.25, 0.3) is 0 Å². The van der Waals surface area contributed by atoms with Crippen LogP contribution in [0.3, 0.4) is 0 Å². The molecule has 1 aliphatic carbocycles. The molecular weight excluding hydrogens is 402 g/mol. The zero-order valence-electron chi connectivity index (χ0n) is 19.1. The molecule has 0 aliphatic heterocycles. The Labute approximate surface area is 196 Å². The first kappa shape index (κ1) is 21.5. The van der Waals surface area contributed by atoms with Crippen molar-refractivity contribution in [1.82, 2.24) is 4.57 Å². The Kier molecular flexibility index (Phi) is 6.53. The van der Waals surface area contributed by atoms with E-state index in [9.17, 15) is 4.79 Å². The van der Waals surface area contributed by atoms with Crippen molar-refractivity contribution in [3.63, 3.8) is 0 Å². The number of carbonyl (C=O) groups excluding carboxylic acids is 1. The van der Waals surface area contributed by atoms with Crippen LogP contribution in [0.2, 0.25) is 0 Å². The number of rotatable bonds is 6. The van der Waals surface area contributed by atoms with Crippen molar-refractivity contribution in [2.75, 3.05) is 0 Å². The molecule has 0 N–H and O–H groups in total. The fourth-order valence-corrected chi connectivity index (χ4v) is 5.19. The Morgan fingerprint density at radius 1 is 0.697 bits per heavy atom. The van der Waals surface area contributed by atoms with Gasteiger partial charge >= 0.3 is 0 Å². The van der Waals surface area contributed by atoms with Crippen molar-refractivity contribution in [3.05, 3.63) is 108 Å². The Balaban J connectivity index is 1.68. The maximum absolute atomic E-state index is 13.2. The minimum atomic E-state index is -0.0735. The Hall–Kier alpha value is -3.39. The van der Waals surface area contributed by atoms with E-state index >= 15 is 0 Å². The largest absolute Gasteiger partial charge is 0.336 e. The van der Waals surface area contributed by atoms with E-state index in [0.29, 0.717) is 12.2 Å². The summed E-state index contributed by atoms with van der Waals surface area (Å²) in [6, 6.07) is 31.9. The number of aromatic nitrogens is 1. The van der Waals surface area contributed by atoms with Gasteiger partial charge in [0, 0.05) is 18.2 Å². The van der Waals surface area contributed by atoms with E-state index in [1.165, 1.54) is 33.5 Å². The molecule has 0 bridgehead atoms. The van der Waals surface area contributed by atoms with E-state index in [1.807, 2.05) is 0 Å². The molecule has 33 heavy (non-hydrogen) atoms. The van der Waals surface area contributed by atoms with Crippen molar-refractivity contribution in [2.24, 2.45) is 0 Å². The van der Waals surface area contributed by atoms with Gasteiger partial charge in [-0.3, -0.25) is 4.79 Å². The van der Waals surface area contributed by atoms with Crippen LogP contribution in [0.25, 0.3) is 22.4 Å². The normalized spacial score (nSPS) is 16.5. The molecule has 1 atom stereocenters. The summed E-state index contributed by atoms with van der Waals surface area (Å²) < 4.78 is 2.33. The second kappa shape index (κ2) is 10.0. The lowest BCUT2D eigenvalue weighted by molar-refractivity contribution is -0.122. The van der Waals surface area contributed by atoms with E-state index in [2.05, 4.69) is 102 Å². The Bertz CT molecular complexity index is 1190. The third-order valence-corrected chi connectivity index (χ3v) is 6.85. The van der Waals surface area contributed by atoms with E-state index in [0.717, 1.165) is 38.5 Å². The second-order valence-electron chi connectivity index (χ2n) is 9.08. The highest BCUT2D eigenvalue weighted by molar-refractivity contribution is 5.88. The number of carbonyl (C=O) groups is 1. The maximum Gasteiger partial charge on any atom is 0.155 e. The van der Waals surface area contributed by atoms with Crippen LogP contribution >= 0.6 is 0 Å². The molecular formula is C31H31NO. The number of nitrogens with zero attached hydrogens (tertiary/aromatic N) is 1. The van der Waals surface area contributed by atoms with Gasteiger partial charge in [0.1, 0.15) is 0 Å². The highest BCUT2D eigenvalue weighted by atomic mass is 16.1. The summed E-state index contributed by atoms with van der Waals surface area (Å²) in [6.45, 7) is 0. The van der Waals surface area contributed by atoms with Crippen LogP contribution in [0.4, 0.5) is 0 Å². The maximum atomic E-state index is 13.2. The van der Waals surface area contributed by atoms with Crippen LogP contribution in [0.5, 0.6) is 0 Å². The van der Waals surface area contributed by atoms with Gasteiger partial charge in [-0.15, -0.1) is 0 Å². The quantitative estimate of drug-likeness (QED) is 0.286. The number of aryl methyl sites for hydroxylation is 2. The summed E-state index contributed by atoms with van der Waals surface area (Å²) in [6.07, 6.45) is 9.13. The van der Waals surface area contributed by atoms with E-state index in [-0.39, 0.29) is 6.04 Å². The first-order chi connectivity index (χ1) is 16.3. The van der Waals surface area contributed by atoms with Gasteiger partial charge in [-0.25, -0.2) is 0 Å². The third kappa shape index (κ3) is 4.71. The molecule has 166 valence electrons. The summed E-state index contributed by atoms with van der Waals surface area (Å²) >= 11 is 0. The first-order valence-corrected chi connectivity index (χ1v) is 12.2. The van der Waals surface area contributed by atoms with Gasteiger partial charge < -0.3 is 4.57 Å². The molecule has 0 saturated heterocycles. The number of benzene rings is 3. The van der Waals surface area contributed by atoms with E-state index < -0.39 is 0 Å². The van der Waals surface area contributed by atoms with Gasteiger partial charge in [-0.1, -0.05) is 104 Å². The molecule has 1 aromatic heterocycles. The van der Waals surface area contributed by atoms with Crippen molar-refractivity contribution < 1.29 is 4.79 Å². The minimum absolute atomic E-state index is 0.0735. The fraction of sp³-hybridized carbons (Fsp3) is 0.258. The predicted octanol–water partition coefficient (Wildman–Crippen LogP) is 7.68. The highest BCUT2D eigenvalue weighted by Gasteiger charge is 2.28. The summed E-state index contributed by atoms with van der Waals surface area (Å²) in [7, 11) is 0. The lowest BCUT2D eigenvalue weighted by Gasteiger charge is -2.20. The van der Waals surface area contributed by atoms with Crippen molar-refractivity contribution in [3.8, 4) is 22.4 Å². The van der Waals surface area contributed by atoms with Crippen molar-refractivity contribution in [1.29, 1.82) is 0 Å². The van der Waals surface area contributed by atoms with Crippen LogP contribution in [0.1, 0.15) is 49.3 Å². The molecule has 1 unspecified atom stereocenters. The third-order valence-electron chi connectivity index (χ3n) is 6.85. The van der Waals surface area contributed by atoms with E-state index in [1.54, 1.807) is 0 Å². The van der Waals surface area contributed by atoms with Gasteiger partial charge in [0.15, 0.2) is 5.78 Å². The first-order valence-electron chi connectivity index (χ1n) is 12.2. The fourth-order valence-electron chi connectivity index (χ4n) is 5.19. The molecule has 1 fully saturated rings. The average molecular weight is 434 g/mol. The molecule has 4 aromatic rings. The molecule has 3 aromatic carbocycles. The lowest BCUT2D eigenvalue weighted by atomic mass is 9.94. The standard InChI is InChI=1S/C31H31NO/c33-29-20-12-4-11-19-28(29)32-23-27(22-21-24-13-5-1-6-14-24)30(25-15-7-2-8-16-25)31(32)26-17-9-3-10-18-26/h1-3,5-10,13-18,23,28H,4,11-12,19-22H2. The summed E-state index contributed by atoms with van der Waals surface area (Å²) in [5, 5.41) is 0. The van der Waals surface area contributed by atoms with Gasteiger partial charge in [-0.05, 0) is 47.9 Å². The summed E-state index contributed by atoms with van der Waals surface area (Å²) in [5.41, 5.74) is 7.52. The summed E-state index contributed by atoms with van der Waals surface area (Å²) in [5.74, 6) is 0.383. The van der Waals surface area contributed by atoms with Crippen LogP contribution in [0.15, 0.2) is 97.2 Å².